The average molecular weight is 467 g/mol. The third kappa shape index (κ3) is 5.00. The Morgan fingerprint density at radius 1 is 1.23 bits per heavy atom. The second-order valence-corrected chi connectivity index (χ2v) is 9.98. The van der Waals surface area contributed by atoms with E-state index in [1.807, 2.05) is 0 Å². The number of hydrogen-bond acceptors (Lipinski definition) is 6. The molecule has 1 aliphatic rings. The van der Waals surface area contributed by atoms with Crippen molar-refractivity contribution in [2.75, 3.05) is 19.4 Å². The van der Waals surface area contributed by atoms with Gasteiger partial charge >= 0.3 is 5.97 Å². The lowest BCUT2D eigenvalue weighted by Gasteiger charge is -2.18. The number of fused-ring (bicyclic) bond motifs is 1. The zero-order valence-electron chi connectivity index (χ0n) is 17.5. The van der Waals surface area contributed by atoms with Crippen molar-refractivity contribution < 1.29 is 27.5 Å². The van der Waals surface area contributed by atoms with Crippen LogP contribution in [0.3, 0.4) is 0 Å². The van der Waals surface area contributed by atoms with E-state index >= 15 is 0 Å². The number of sulfonamides is 1. The molecule has 0 aliphatic carbocycles. The van der Waals surface area contributed by atoms with Crippen LogP contribution in [0.15, 0.2) is 41.3 Å². The van der Waals surface area contributed by atoms with E-state index in [0.29, 0.717) is 28.4 Å². The SMILES string of the molecule is Cc1ccc(S(=O)(=O)N(C)C)cc1NC(=O)C(C)OC(=O)C1Cc2cc(Cl)ccc2O1. The van der Waals surface area contributed by atoms with Crippen LogP contribution in [0.25, 0.3) is 0 Å². The second-order valence-electron chi connectivity index (χ2n) is 7.40. The number of carbonyl (C=O) groups is 2. The molecule has 0 bridgehead atoms. The van der Waals surface area contributed by atoms with Crippen LogP contribution in [0.4, 0.5) is 5.69 Å². The van der Waals surface area contributed by atoms with E-state index in [2.05, 4.69) is 5.32 Å². The number of anilines is 1. The summed E-state index contributed by atoms with van der Waals surface area (Å²) in [7, 11) is -0.815. The molecule has 2 unspecified atom stereocenters. The van der Waals surface area contributed by atoms with Gasteiger partial charge in [0.2, 0.25) is 10.0 Å². The third-order valence-corrected chi connectivity index (χ3v) is 6.91. The minimum Gasteiger partial charge on any atom is -0.478 e. The molecule has 2 aromatic carbocycles. The quantitative estimate of drug-likeness (QED) is 0.657. The molecule has 1 aliphatic heterocycles. The Morgan fingerprint density at radius 2 is 1.94 bits per heavy atom. The summed E-state index contributed by atoms with van der Waals surface area (Å²) in [6.07, 6.45) is -1.68. The molecule has 0 spiro atoms. The van der Waals surface area contributed by atoms with Crippen molar-refractivity contribution >= 4 is 39.2 Å². The highest BCUT2D eigenvalue weighted by Crippen LogP contribution is 2.31. The van der Waals surface area contributed by atoms with Crippen molar-refractivity contribution in [2.24, 2.45) is 0 Å². The summed E-state index contributed by atoms with van der Waals surface area (Å²) in [4.78, 5) is 25.1. The molecule has 0 aromatic heterocycles. The number of aryl methyl sites for hydroxylation is 1. The summed E-state index contributed by atoms with van der Waals surface area (Å²) in [6.45, 7) is 3.16. The zero-order valence-corrected chi connectivity index (χ0v) is 19.1. The summed E-state index contributed by atoms with van der Waals surface area (Å²) in [6, 6.07) is 9.49. The maximum atomic E-state index is 12.6. The fraction of sp³-hybridized carbons (Fsp3) is 0.333. The number of hydrogen-bond donors (Lipinski definition) is 1. The van der Waals surface area contributed by atoms with Crippen LogP contribution in [-0.4, -0.2) is 50.9 Å². The number of nitrogens with one attached hydrogen (secondary N) is 1. The molecule has 0 radical (unpaired) electrons. The Hall–Kier alpha value is -2.62. The normalized spacial score (nSPS) is 16.4. The van der Waals surface area contributed by atoms with Gasteiger partial charge < -0.3 is 14.8 Å². The highest BCUT2D eigenvalue weighted by atomic mass is 35.5. The molecule has 1 amide bonds. The largest absolute Gasteiger partial charge is 0.478 e. The molecule has 1 heterocycles. The van der Waals surface area contributed by atoms with Crippen LogP contribution in [-0.2, 0) is 30.8 Å². The lowest BCUT2D eigenvalue weighted by atomic mass is 10.1. The first kappa shape index (κ1) is 23.1. The van der Waals surface area contributed by atoms with Crippen molar-refractivity contribution in [3.8, 4) is 5.75 Å². The minimum absolute atomic E-state index is 0.0406. The van der Waals surface area contributed by atoms with Crippen LogP contribution < -0.4 is 10.1 Å². The van der Waals surface area contributed by atoms with Gasteiger partial charge in [-0.1, -0.05) is 17.7 Å². The summed E-state index contributed by atoms with van der Waals surface area (Å²) < 4.78 is 36.6. The van der Waals surface area contributed by atoms with Gasteiger partial charge in [-0.3, -0.25) is 4.79 Å². The van der Waals surface area contributed by atoms with Crippen molar-refractivity contribution in [3.05, 3.63) is 52.5 Å². The molecule has 1 N–H and O–H groups in total. The molecule has 0 fully saturated rings. The molecular formula is C21H23ClN2O6S. The number of benzene rings is 2. The van der Waals surface area contributed by atoms with E-state index in [4.69, 9.17) is 21.1 Å². The first-order chi connectivity index (χ1) is 14.5. The van der Waals surface area contributed by atoms with Gasteiger partial charge in [0.25, 0.3) is 5.91 Å². The molecule has 8 nitrogen and oxygen atoms in total. The smallest absolute Gasteiger partial charge is 0.348 e. The standard InChI is InChI=1S/C21H23ClN2O6S/c1-12-5-7-16(31(27,28)24(3)4)11-17(12)23-20(25)13(2)29-21(26)19-10-14-9-15(22)6-8-18(14)30-19/h5-9,11,13,19H,10H2,1-4H3,(H,23,25). The predicted octanol–water partition coefficient (Wildman–Crippen LogP) is 2.77. The molecule has 166 valence electrons. The van der Waals surface area contributed by atoms with Gasteiger partial charge in [-0.2, -0.15) is 0 Å². The molecule has 2 atom stereocenters. The summed E-state index contributed by atoms with van der Waals surface area (Å²) in [5.41, 5.74) is 1.77. The van der Waals surface area contributed by atoms with Gasteiger partial charge in [-0.25, -0.2) is 17.5 Å². The topological polar surface area (TPSA) is 102 Å². The molecular weight excluding hydrogens is 444 g/mol. The highest BCUT2D eigenvalue weighted by Gasteiger charge is 2.33. The number of nitrogens with zero attached hydrogens (tertiary/aromatic N) is 1. The minimum atomic E-state index is -3.66. The fourth-order valence-corrected chi connectivity index (χ4v) is 4.12. The molecule has 10 heteroatoms. The Labute approximate surface area is 186 Å². The Kier molecular flexibility index (Phi) is 6.59. The lowest BCUT2D eigenvalue weighted by Crippen LogP contribution is -2.36. The Balaban J connectivity index is 1.65. The van der Waals surface area contributed by atoms with Crippen LogP contribution in [0, 0.1) is 6.92 Å². The van der Waals surface area contributed by atoms with Gasteiger partial charge in [0.1, 0.15) is 5.75 Å². The molecule has 2 aromatic rings. The third-order valence-electron chi connectivity index (χ3n) is 4.87. The molecule has 0 saturated heterocycles. The molecule has 3 rings (SSSR count). The first-order valence-corrected chi connectivity index (χ1v) is 11.3. The lowest BCUT2D eigenvalue weighted by molar-refractivity contribution is -0.159. The van der Waals surface area contributed by atoms with Crippen LogP contribution in [0.5, 0.6) is 5.75 Å². The summed E-state index contributed by atoms with van der Waals surface area (Å²) in [5, 5.41) is 3.16. The highest BCUT2D eigenvalue weighted by molar-refractivity contribution is 7.89. The van der Waals surface area contributed by atoms with Gasteiger partial charge in [0, 0.05) is 31.2 Å². The van der Waals surface area contributed by atoms with Crippen molar-refractivity contribution in [3.63, 3.8) is 0 Å². The molecule has 0 saturated carbocycles. The van der Waals surface area contributed by atoms with E-state index < -0.39 is 34.1 Å². The van der Waals surface area contributed by atoms with Crippen molar-refractivity contribution in [1.29, 1.82) is 0 Å². The number of rotatable bonds is 6. The average Bonchev–Trinajstić information content (AvgIpc) is 3.12. The van der Waals surface area contributed by atoms with Gasteiger partial charge in [0.15, 0.2) is 12.2 Å². The summed E-state index contributed by atoms with van der Waals surface area (Å²) in [5.74, 6) is -0.706. The van der Waals surface area contributed by atoms with Crippen LogP contribution in [0.1, 0.15) is 18.1 Å². The van der Waals surface area contributed by atoms with Crippen molar-refractivity contribution in [1.82, 2.24) is 4.31 Å². The predicted molar refractivity (Wildman–Crippen MR) is 116 cm³/mol. The van der Waals surface area contributed by atoms with Crippen LogP contribution in [0.2, 0.25) is 5.02 Å². The van der Waals surface area contributed by atoms with Gasteiger partial charge in [-0.15, -0.1) is 0 Å². The van der Waals surface area contributed by atoms with E-state index in [1.54, 1.807) is 31.2 Å². The number of carbonyl (C=O) groups excluding carboxylic acids is 2. The zero-order chi connectivity index (χ0) is 22.9. The monoisotopic (exact) mass is 466 g/mol. The summed E-state index contributed by atoms with van der Waals surface area (Å²) >= 11 is 5.96. The first-order valence-electron chi connectivity index (χ1n) is 9.48. The second kappa shape index (κ2) is 8.86. The number of amides is 1. The maximum Gasteiger partial charge on any atom is 0.348 e. The number of ether oxygens (including phenoxy) is 2. The maximum absolute atomic E-state index is 12.6. The Morgan fingerprint density at radius 3 is 2.61 bits per heavy atom. The van der Waals surface area contributed by atoms with E-state index in [1.165, 1.54) is 33.2 Å². The van der Waals surface area contributed by atoms with E-state index in [0.717, 1.165) is 9.87 Å². The van der Waals surface area contributed by atoms with Crippen LogP contribution >= 0.6 is 11.6 Å². The van der Waals surface area contributed by atoms with E-state index in [9.17, 15) is 18.0 Å². The van der Waals surface area contributed by atoms with Crippen molar-refractivity contribution in [2.45, 2.75) is 37.4 Å². The fourth-order valence-electron chi connectivity index (χ4n) is 2.99. The van der Waals surface area contributed by atoms with Gasteiger partial charge in [0.05, 0.1) is 4.90 Å². The number of esters is 1. The number of halogens is 1. The van der Waals surface area contributed by atoms with E-state index in [-0.39, 0.29) is 4.90 Å². The Bertz CT molecular complexity index is 1130. The van der Waals surface area contributed by atoms with Gasteiger partial charge in [-0.05, 0) is 55.3 Å². The molecule has 31 heavy (non-hydrogen) atoms.